The summed E-state index contributed by atoms with van der Waals surface area (Å²) in [7, 11) is 0. The van der Waals surface area contributed by atoms with Gasteiger partial charge in [-0.25, -0.2) is 9.97 Å². The summed E-state index contributed by atoms with van der Waals surface area (Å²) >= 11 is 0. The maximum absolute atomic E-state index is 5.36. The van der Waals surface area contributed by atoms with Gasteiger partial charge in [0.25, 0.3) is 0 Å². The molecule has 7 aromatic carbocycles. The third-order valence-corrected chi connectivity index (χ3v) is 12.2. The van der Waals surface area contributed by atoms with E-state index in [4.69, 9.17) is 15.0 Å². The SMILES string of the molecule is Cc1ccnc(-c2ccc3c(c2)C2(c4ccccc4-c4ccccc42)c2cc(-c4nc(-c5ccccc5)cc(-c5cccc(-c6ccccc6)c5)n4)ccc2-3)c1C. The number of hydrogen-bond acceptors (Lipinski definition) is 3. The van der Waals surface area contributed by atoms with Gasteiger partial charge in [0.15, 0.2) is 5.82 Å². The molecular formula is C54H37N3. The van der Waals surface area contributed by atoms with Gasteiger partial charge < -0.3 is 0 Å². The quantitative estimate of drug-likeness (QED) is 0.177. The van der Waals surface area contributed by atoms with Crippen LogP contribution in [0.3, 0.4) is 0 Å². The zero-order chi connectivity index (χ0) is 38.1. The van der Waals surface area contributed by atoms with E-state index in [1.165, 1.54) is 61.2 Å². The summed E-state index contributed by atoms with van der Waals surface area (Å²) in [5.41, 5.74) is 21.4. The molecule has 9 aromatic rings. The van der Waals surface area contributed by atoms with Crippen molar-refractivity contribution in [2.45, 2.75) is 19.3 Å². The number of rotatable bonds is 5. The van der Waals surface area contributed by atoms with Crippen molar-refractivity contribution in [3.8, 4) is 78.5 Å². The fraction of sp³-hybridized carbons (Fsp3) is 0.0556. The molecule has 0 unspecified atom stereocenters. The number of pyridine rings is 1. The predicted molar refractivity (Wildman–Crippen MR) is 233 cm³/mol. The van der Waals surface area contributed by atoms with Crippen molar-refractivity contribution in [1.29, 1.82) is 0 Å². The first-order valence-corrected chi connectivity index (χ1v) is 19.6. The first kappa shape index (κ1) is 33.1. The molecule has 3 heteroatoms. The lowest BCUT2D eigenvalue weighted by atomic mass is 9.70. The van der Waals surface area contributed by atoms with E-state index in [9.17, 15) is 0 Å². The standard InChI is InChI=1S/C54H37N3/c1-34-28-29-55-52(35(34)2)40-24-26-44-45-27-25-41(32-49(45)54(48(44)31-40)46-22-11-9-20-42(46)43-21-10-12-23-47(43)54)53-56-50(37-16-7-4-8-17-37)33-51(57-53)39-19-13-18-38(30-39)36-14-5-3-6-15-36/h3-33H,1-2H3. The molecule has 2 aromatic heterocycles. The summed E-state index contributed by atoms with van der Waals surface area (Å²) in [6, 6.07) is 65.6. The van der Waals surface area contributed by atoms with E-state index in [1.807, 2.05) is 12.3 Å². The number of fused-ring (bicyclic) bond motifs is 10. The lowest BCUT2D eigenvalue weighted by Crippen LogP contribution is -2.26. The Kier molecular flexibility index (Phi) is 7.52. The van der Waals surface area contributed by atoms with Crippen molar-refractivity contribution in [3.63, 3.8) is 0 Å². The molecule has 0 amide bonds. The molecule has 11 rings (SSSR count). The largest absolute Gasteiger partial charge is 0.256 e. The van der Waals surface area contributed by atoms with Gasteiger partial charge in [-0.1, -0.05) is 152 Å². The van der Waals surface area contributed by atoms with E-state index < -0.39 is 5.41 Å². The number of hydrogen-bond donors (Lipinski definition) is 0. The zero-order valence-corrected chi connectivity index (χ0v) is 31.7. The molecule has 0 atom stereocenters. The van der Waals surface area contributed by atoms with E-state index >= 15 is 0 Å². The van der Waals surface area contributed by atoms with Gasteiger partial charge in [0.2, 0.25) is 0 Å². The average Bonchev–Trinajstić information content (AvgIpc) is 3.74. The van der Waals surface area contributed by atoms with Crippen LogP contribution in [0.4, 0.5) is 0 Å². The van der Waals surface area contributed by atoms with Crippen molar-refractivity contribution >= 4 is 0 Å². The van der Waals surface area contributed by atoms with Gasteiger partial charge in [0.05, 0.1) is 22.5 Å². The number of nitrogens with zero attached hydrogens (tertiary/aromatic N) is 3. The van der Waals surface area contributed by atoms with Gasteiger partial charge in [0.1, 0.15) is 0 Å². The van der Waals surface area contributed by atoms with Gasteiger partial charge in [-0.3, -0.25) is 4.98 Å². The summed E-state index contributed by atoms with van der Waals surface area (Å²) in [6.45, 7) is 4.34. The van der Waals surface area contributed by atoms with Gasteiger partial charge in [-0.15, -0.1) is 0 Å². The minimum atomic E-state index is -0.536. The van der Waals surface area contributed by atoms with Gasteiger partial charge in [0, 0.05) is 28.5 Å². The van der Waals surface area contributed by atoms with E-state index in [1.54, 1.807) is 0 Å². The highest BCUT2D eigenvalue weighted by Gasteiger charge is 2.51. The fourth-order valence-electron chi connectivity index (χ4n) is 9.32. The normalized spacial score (nSPS) is 12.9. The Hall–Kier alpha value is -7.23. The first-order chi connectivity index (χ1) is 28.1. The highest BCUT2D eigenvalue weighted by atomic mass is 14.9. The molecule has 0 bridgehead atoms. The molecule has 0 aliphatic heterocycles. The molecule has 1 spiro atoms. The molecule has 268 valence electrons. The fourth-order valence-corrected chi connectivity index (χ4v) is 9.32. The number of aryl methyl sites for hydroxylation is 1. The van der Waals surface area contributed by atoms with Crippen LogP contribution in [0.25, 0.3) is 78.5 Å². The molecule has 0 saturated carbocycles. The third kappa shape index (κ3) is 5.09. The lowest BCUT2D eigenvalue weighted by Gasteiger charge is -2.31. The minimum Gasteiger partial charge on any atom is -0.256 e. The third-order valence-electron chi connectivity index (χ3n) is 12.2. The van der Waals surface area contributed by atoms with E-state index in [2.05, 4.69) is 190 Å². The number of aromatic nitrogens is 3. The van der Waals surface area contributed by atoms with Gasteiger partial charge in [-0.05, 0) is 111 Å². The summed E-state index contributed by atoms with van der Waals surface area (Å²) < 4.78 is 0. The van der Waals surface area contributed by atoms with E-state index in [-0.39, 0.29) is 0 Å². The van der Waals surface area contributed by atoms with Crippen LogP contribution < -0.4 is 0 Å². The summed E-state index contributed by atoms with van der Waals surface area (Å²) in [6.07, 6.45) is 1.93. The van der Waals surface area contributed by atoms with Crippen LogP contribution in [0.5, 0.6) is 0 Å². The second-order valence-electron chi connectivity index (χ2n) is 15.2. The summed E-state index contributed by atoms with van der Waals surface area (Å²) in [5, 5.41) is 0. The molecule has 0 N–H and O–H groups in total. The average molecular weight is 728 g/mol. The summed E-state index contributed by atoms with van der Waals surface area (Å²) in [5.74, 6) is 0.699. The Bertz CT molecular complexity index is 2990. The maximum Gasteiger partial charge on any atom is 0.160 e. The van der Waals surface area contributed by atoms with Crippen LogP contribution in [0, 0.1) is 13.8 Å². The first-order valence-electron chi connectivity index (χ1n) is 19.6. The van der Waals surface area contributed by atoms with E-state index in [0.717, 1.165) is 44.9 Å². The Morgan fingerprint density at radius 2 is 0.895 bits per heavy atom. The van der Waals surface area contributed by atoms with E-state index in [0.29, 0.717) is 5.82 Å². The van der Waals surface area contributed by atoms with Crippen LogP contribution in [0.2, 0.25) is 0 Å². The topological polar surface area (TPSA) is 38.7 Å². The number of benzene rings is 7. The second-order valence-corrected chi connectivity index (χ2v) is 15.2. The van der Waals surface area contributed by atoms with Crippen LogP contribution in [0.15, 0.2) is 188 Å². The second kappa shape index (κ2) is 12.9. The predicted octanol–water partition coefficient (Wildman–Crippen LogP) is 13.2. The maximum atomic E-state index is 5.36. The monoisotopic (exact) mass is 727 g/mol. The molecule has 57 heavy (non-hydrogen) atoms. The van der Waals surface area contributed by atoms with Crippen molar-refractivity contribution in [3.05, 3.63) is 222 Å². The van der Waals surface area contributed by atoms with Crippen LogP contribution in [-0.4, -0.2) is 15.0 Å². The highest BCUT2D eigenvalue weighted by Crippen LogP contribution is 2.63. The molecule has 0 radical (unpaired) electrons. The molecule has 3 nitrogen and oxygen atoms in total. The smallest absolute Gasteiger partial charge is 0.160 e. The minimum absolute atomic E-state index is 0.536. The van der Waals surface area contributed by atoms with Crippen LogP contribution in [-0.2, 0) is 5.41 Å². The Morgan fingerprint density at radius 1 is 0.368 bits per heavy atom. The van der Waals surface area contributed by atoms with Crippen molar-refractivity contribution in [2.75, 3.05) is 0 Å². The highest BCUT2D eigenvalue weighted by molar-refractivity contribution is 5.96. The molecule has 2 heterocycles. The van der Waals surface area contributed by atoms with Crippen molar-refractivity contribution in [1.82, 2.24) is 15.0 Å². The molecule has 0 fully saturated rings. The van der Waals surface area contributed by atoms with Crippen molar-refractivity contribution < 1.29 is 0 Å². The summed E-state index contributed by atoms with van der Waals surface area (Å²) in [4.78, 5) is 15.6. The molecular weight excluding hydrogens is 691 g/mol. The van der Waals surface area contributed by atoms with Crippen LogP contribution >= 0.6 is 0 Å². The Labute approximate surface area is 333 Å². The molecule has 2 aliphatic carbocycles. The Balaban J connectivity index is 1.15. The van der Waals surface area contributed by atoms with Crippen LogP contribution in [0.1, 0.15) is 33.4 Å². The zero-order valence-electron chi connectivity index (χ0n) is 31.7. The Morgan fingerprint density at radius 3 is 1.58 bits per heavy atom. The van der Waals surface area contributed by atoms with Crippen molar-refractivity contribution in [2.24, 2.45) is 0 Å². The molecule has 2 aliphatic rings. The van der Waals surface area contributed by atoms with Gasteiger partial charge >= 0.3 is 0 Å². The molecule has 0 saturated heterocycles. The van der Waals surface area contributed by atoms with Gasteiger partial charge in [-0.2, -0.15) is 0 Å². The lowest BCUT2D eigenvalue weighted by molar-refractivity contribution is 0.794.